The Morgan fingerprint density at radius 3 is 2.76 bits per heavy atom. The number of hydrazone groups is 1. The highest BCUT2D eigenvalue weighted by Gasteiger charge is 2.01. The summed E-state index contributed by atoms with van der Waals surface area (Å²) < 4.78 is 0. The lowest BCUT2D eigenvalue weighted by molar-refractivity contribution is 0.474. The molecule has 1 heterocycles. The molecule has 88 valence electrons. The zero-order valence-corrected chi connectivity index (χ0v) is 10.5. The van der Waals surface area contributed by atoms with E-state index in [4.69, 9.17) is 0 Å². The van der Waals surface area contributed by atoms with Crippen LogP contribution in [0, 0.1) is 13.8 Å². The number of rotatable bonds is 3. The molecule has 0 saturated heterocycles. The predicted octanol–water partition coefficient (Wildman–Crippen LogP) is 2.91. The molecule has 0 aliphatic heterocycles. The van der Waals surface area contributed by atoms with E-state index < -0.39 is 0 Å². The van der Waals surface area contributed by atoms with Gasteiger partial charge < -0.3 is 5.11 Å². The van der Waals surface area contributed by atoms with Crippen LogP contribution in [0.4, 0.5) is 5.13 Å². The predicted molar refractivity (Wildman–Crippen MR) is 70.9 cm³/mol. The van der Waals surface area contributed by atoms with Crippen molar-refractivity contribution in [2.75, 3.05) is 5.43 Å². The molecule has 0 atom stereocenters. The highest BCUT2D eigenvalue weighted by Crippen LogP contribution is 2.21. The van der Waals surface area contributed by atoms with Gasteiger partial charge in [0.25, 0.3) is 0 Å². The fourth-order valence-corrected chi connectivity index (χ4v) is 2.04. The highest BCUT2D eigenvalue weighted by atomic mass is 32.1. The first-order valence-electron chi connectivity index (χ1n) is 5.18. The number of nitrogens with one attached hydrogen (secondary N) is 1. The molecule has 2 rings (SSSR count). The molecular formula is C12H13N3OS. The van der Waals surface area contributed by atoms with Crippen LogP contribution in [0.25, 0.3) is 0 Å². The van der Waals surface area contributed by atoms with Crippen molar-refractivity contribution < 1.29 is 5.11 Å². The fraction of sp³-hybridized carbons (Fsp3) is 0.167. The standard InChI is InChI=1S/C12H13N3OS/c1-8-9(2)17-12(14-8)15-13-7-10-5-3-4-6-11(10)16/h3-7,16H,1-2H3,(H,14,15)/b13-7+. The minimum Gasteiger partial charge on any atom is -0.507 e. The van der Waals surface area contributed by atoms with Crippen molar-refractivity contribution in [1.82, 2.24) is 4.98 Å². The van der Waals surface area contributed by atoms with Crippen molar-refractivity contribution in [2.24, 2.45) is 5.10 Å². The summed E-state index contributed by atoms with van der Waals surface area (Å²) >= 11 is 1.56. The zero-order valence-electron chi connectivity index (χ0n) is 9.64. The lowest BCUT2D eigenvalue weighted by Gasteiger charge is -1.96. The molecule has 0 spiro atoms. The zero-order chi connectivity index (χ0) is 12.3. The van der Waals surface area contributed by atoms with Crippen LogP contribution in [0.2, 0.25) is 0 Å². The molecule has 1 aromatic heterocycles. The Labute approximate surface area is 104 Å². The molecule has 2 N–H and O–H groups in total. The van der Waals surface area contributed by atoms with Crippen molar-refractivity contribution in [1.29, 1.82) is 0 Å². The van der Waals surface area contributed by atoms with Crippen LogP contribution in [0.5, 0.6) is 5.75 Å². The van der Waals surface area contributed by atoms with Crippen LogP contribution in [0.1, 0.15) is 16.1 Å². The normalized spacial score (nSPS) is 10.9. The van der Waals surface area contributed by atoms with Crippen LogP contribution in [-0.4, -0.2) is 16.3 Å². The van der Waals surface area contributed by atoms with Gasteiger partial charge in [-0.2, -0.15) is 5.10 Å². The van der Waals surface area contributed by atoms with Crippen LogP contribution < -0.4 is 5.43 Å². The number of phenolic OH excluding ortho intramolecular Hbond substituents is 1. The van der Waals surface area contributed by atoms with E-state index in [1.165, 1.54) is 4.88 Å². The maximum absolute atomic E-state index is 9.52. The molecule has 0 radical (unpaired) electrons. The van der Waals surface area contributed by atoms with Gasteiger partial charge in [-0.3, -0.25) is 5.43 Å². The number of nitrogens with zero attached hydrogens (tertiary/aromatic N) is 2. The first kappa shape index (κ1) is 11.6. The molecule has 17 heavy (non-hydrogen) atoms. The van der Waals surface area contributed by atoms with Gasteiger partial charge in [-0.15, -0.1) is 11.3 Å². The Hall–Kier alpha value is -1.88. The molecule has 0 saturated carbocycles. The van der Waals surface area contributed by atoms with Gasteiger partial charge in [0.05, 0.1) is 11.9 Å². The number of anilines is 1. The van der Waals surface area contributed by atoms with E-state index in [9.17, 15) is 5.11 Å². The van der Waals surface area contributed by atoms with E-state index >= 15 is 0 Å². The summed E-state index contributed by atoms with van der Waals surface area (Å²) in [6.07, 6.45) is 1.57. The summed E-state index contributed by atoms with van der Waals surface area (Å²) in [6.45, 7) is 3.98. The molecule has 5 heteroatoms. The summed E-state index contributed by atoms with van der Waals surface area (Å²) in [5.74, 6) is 0.213. The van der Waals surface area contributed by atoms with Crippen molar-refractivity contribution >= 4 is 22.7 Å². The molecule has 0 aliphatic rings. The molecule has 1 aromatic carbocycles. The highest BCUT2D eigenvalue weighted by molar-refractivity contribution is 7.15. The maximum Gasteiger partial charge on any atom is 0.203 e. The lowest BCUT2D eigenvalue weighted by Crippen LogP contribution is -1.90. The quantitative estimate of drug-likeness (QED) is 0.647. The summed E-state index contributed by atoms with van der Waals surface area (Å²) in [5.41, 5.74) is 4.53. The van der Waals surface area contributed by atoms with Gasteiger partial charge in [-0.25, -0.2) is 4.98 Å². The van der Waals surface area contributed by atoms with Gasteiger partial charge in [0, 0.05) is 10.4 Å². The lowest BCUT2D eigenvalue weighted by atomic mass is 10.2. The average molecular weight is 247 g/mol. The SMILES string of the molecule is Cc1nc(N/N=C/c2ccccc2O)sc1C. The Bertz CT molecular complexity index is 529. The number of thiazole rings is 1. The van der Waals surface area contributed by atoms with Crippen molar-refractivity contribution in [3.8, 4) is 5.75 Å². The van der Waals surface area contributed by atoms with E-state index in [1.54, 1.807) is 35.8 Å². The molecule has 0 fully saturated rings. The van der Waals surface area contributed by atoms with E-state index in [2.05, 4.69) is 15.5 Å². The van der Waals surface area contributed by atoms with E-state index in [-0.39, 0.29) is 5.75 Å². The molecule has 0 aliphatic carbocycles. The number of para-hydroxylation sites is 1. The number of hydrogen-bond donors (Lipinski definition) is 2. The van der Waals surface area contributed by atoms with Gasteiger partial charge in [-0.05, 0) is 26.0 Å². The monoisotopic (exact) mass is 247 g/mol. The van der Waals surface area contributed by atoms with Gasteiger partial charge in [-0.1, -0.05) is 12.1 Å². The summed E-state index contributed by atoms with van der Waals surface area (Å²) in [7, 11) is 0. The van der Waals surface area contributed by atoms with Gasteiger partial charge in [0.15, 0.2) is 0 Å². The maximum atomic E-state index is 9.52. The minimum absolute atomic E-state index is 0.213. The summed E-state index contributed by atoms with van der Waals surface area (Å²) in [5, 5.41) is 14.3. The van der Waals surface area contributed by atoms with Gasteiger partial charge in [0.2, 0.25) is 5.13 Å². The first-order chi connectivity index (χ1) is 8.16. The Balaban J connectivity index is 2.05. The first-order valence-corrected chi connectivity index (χ1v) is 5.99. The average Bonchev–Trinajstić information content (AvgIpc) is 2.61. The minimum atomic E-state index is 0.213. The number of benzene rings is 1. The van der Waals surface area contributed by atoms with E-state index in [1.807, 2.05) is 19.9 Å². The van der Waals surface area contributed by atoms with E-state index in [0.29, 0.717) is 5.56 Å². The second-order valence-corrected chi connectivity index (χ2v) is 4.79. The Kier molecular flexibility index (Phi) is 3.39. The third-order valence-electron chi connectivity index (χ3n) is 2.33. The second kappa shape index (κ2) is 4.97. The smallest absolute Gasteiger partial charge is 0.203 e. The van der Waals surface area contributed by atoms with Crippen molar-refractivity contribution in [3.63, 3.8) is 0 Å². The summed E-state index contributed by atoms with van der Waals surface area (Å²) in [6, 6.07) is 7.03. The van der Waals surface area contributed by atoms with Gasteiger partial charge in [0.1, 0.15) is 5.75 Å². The molecular weight excluding hydrogens is 234 g/mol. The fourth-order valence-electron chi connectivity index (χ4n) is 1.27. The number of phenols is 1. The number of hydrogen-bond acceptors (Lipinski definition) is 5. The molecule has 0 amide bonds. The van der Waals surface area contributed by atoms with E-state index in [0.717, 1.165) is 10.8 Å². The summed E-state index contributed by atoms with van der Waals surface area (Å²) in [4.78, 5) is 5.47. The molecule has 0 unspecified atom stereocenters. The Morgan fingerprint density at radius 2 is 2.12 bits per heavy atom. The molecule has 0 bridgehead atoms. The topological polar surface area (TPSA) is 57.5 Å². The van der Waals surface area contributed by atoms with Crippen molar-refractivity contribution in [3.05, 3.63) is 40.4 Å². The third kappa shape index (κ3) is 2.82. The third-order valence-corrected chi connectivity index (χ3v) is 3.31. The molecule has 2 aromatic rings. The van der Waals surface area contributed by atoms with Crippen LogP contribution in [0.15, 0.2) is 29.4 Å². The largest absolute Gasteiger partial charge is 0.507 e. The van der Waals surface area contributed by atoms with Crippen molar-refractivity contribution in [2.45, 2.75) is 13.8 Å². The Morgan fingerprint density at radius 1 is 1.35 bits per heavy atom. The van der Waals surface area contributed by atoms with Gasteiger partial charge >= 0.3 is 0 Å². The van der Waals surface area contributed by atoms with Crippen LogP contribution >= 0.6 is 11.3 Å². The molecule has 4 nitrogen and oxygen atoms in total. The number of aromatic hydroxyl groups is 1. The number of aromatic nitrogens is 1. The van der Waals surface area contributed by atoms with Crippen LogP contribution in [-0.2, 0) is 0 Å². The number of aryl methyl sites for hydroxylation is 2. The van der Waals surface area contributed by atoms with Crippen LogP contribution in [0.3, 0.4) is 0 Å². The second-order valence-electron chi connectivity index (χ2n) is 3.59.